The van der Waals surface area contributed by atoms with Gasteiger partial charge in [-0.15, -0.1) is 0 Å². The normalized spacial score (nSPS) is 27.7. The summed E-state index contributed by atoms with van der Waals surface area (Å²) in [6, 6.07) is 3.41. The minimum absolute atomic E-state index is 0.0681. The molecule has 0 radical (unpaired) electrons. The maximum atomic E-state index is 14.2. The highest BCUT2D eigenvalue weighted by Gasteiger charge is 2.64. The Balaban J connectivity index is 1.58. The fourth-order valence-corrected chi connectivity index (χ4v) is 8.51. The summed E-state index contributed by atoms with van der Waals surface area (Å²) in [5, 5.41) is 14.5. The van der Waals surface area contributed by atoms with E-state index in [0.717, 1.165) is 17.2 Å². The number of anilines is 1. The van der Waals surface area contributed by atoms with Crippen molar-refractivity contribution >= 4 is 55.2 Å². The molecule has 3 aliphatic rings. The van der Waals surface area contributed by atoms with E-state index in [2.05, 4.69) is 25.0 Å². The molecule has 8 atom stereocenters. The highest BCUT2D eigenvalue weighted by atomic mass is 35.5. The smallest absolute Gasteiger partial charge is 0.409 e. The lowest BCUT2D eigenvalue weighted by Crippen LogP contribution is -2.63. The molecule has 3 aliphatic heterocycles. The van der Waals surface area contributed by atoms with Gasteiger partial charge in [0.25, 0.3) is 0 Å². The number of aliphatic hydroxyl groups is 1. The van der Waals surface area contributed by atoms with Crippen LogP contribution in [0.4, 0.5) is 10.5 Å². The zero-order chi connectivity index (χ0) is 44.7. The number of allylic oxidation sites excluding steroid dienone is 3. The van der Waals surface area contributed by atoms with Crippen molar-refractivity contribution in [3.8, 4) is 5.75 Å². The number of methoxy groups -OCH3 is 2. The fourth-order valence-electron chi connectivity index (χ4n) is 7.48. The van der Waals surface area contributed by atoms with Gasteiger partial charge < -0.3 is 43.3 Å². The molecule has 4 bridgehead atoms. The van der Waals surface area contributed by atoms with E-state index in [1.807, 2.05) is 13.0 Å². The molecule has 0 aliphatic carbocycles. The summed E-state index contributed by atoms with van der Waals surface area (Å²) in [4.78, 5) is 69.1. The molecule has 0 spiro atoms. The Hall–Kier alpha value is -3.96. The van der Waals surface area contributed by atoms with Gasteiger partial charge in [-0.1, -0.05) is 62.0 Å². The number of amides is 3. The van der Waals surface area contributed by atoms with Crippen LogP contribution in [0.2, 0.25) is 30.7 Å². The Morgan fingerprint density at radius 3 is 2.48 bits per heavy atom. The first-order valence-corrected chi connectivity index (χ1v) is 24.6. The molecular weight excluding hydrogens is 814 g/mol. The number of benzene rings is 1. The molecule has 2 fully saturated rings. The summed E-state index contributed by atoms with van der Waals surface area (Å²) in [6.45, 7) is 14.0. The number of ether oxygens (including phenoxy) is 6. The molecule has 2 N–H and O–H groups in total. The molecule has 1 aromatic carbocycles. The van der Waals surface area contributed by atoms with Crippen LogP contribution in [0, 0.1) is 5.92 Å². The standard InChI is InChI=1S/C43H64ClN3O12Si/c1-26-15-14-16-33(55-8)43(53)25-32(57-41(52)45-43)27(2)39-42(4,59-39)34(24-36(49)47(6)30-22-29(21-26)23-31(54-7)38(30)44)58-40(51)28(3)46(5)35(48)17-12-13-18-37(50)56-19-20-60(9,10)11/h14-16,22-23,27-28,32-34,39,53H,12-13,17-21,24-25H2,1-11H3,(H,45,52)/t27-,28-,32+,33-,34+,39?,42+,43+/m1/s1. The lowest BCUT2D eigenvalue weighted by molar-refractivity contribution is -0.162. The van der Waals surface area contributed by atoms with E-state index in [0.29, 0.717) is 37.3 Å². The van der Waals surface area contributed by atoms with Crippen molar-refractivity contribution in [1.29, 1.82) is 0 Å². The van der Waals surface area contributed by atoms with Gasteiger partial charge in [-0.05, 0) is 63.8 Å². The largest absolute Gasteiger partial charge is 0.495 e. The van der Waals surface area contributed by atoms with E-state index < -0.39 is 73.7 Å². The molecule has 4 rings (SSSR count). The number of nitrogens with zero attached hydrogens (tertiary/aromatic N) is 2. The van der Waals surface area contributed by atoms with Crippen LogP contribution in [0.15, 0.2) is 35.9 Å². The second-order valence-corrected chi connectivity index (χ2v) is 23.6. The summed E-state index contributed by atoms with van der Waals surface area (Å²) in [5.74, 6) is -2.02. The lowest BCUT2D eigenvalue weighted by atomic mass is 9.83. The SMILES string of the molecule is COc1cc2cc(c1Cl)N(C)C(=O)C[C@H](OC(=O)[C@@H](C)N(C)C(=O)CCCCC(=O)OCC[Si](C)(C)C)[C@]1(C)OC1[C@H](C)[C@@H]1C[C@@](O)(NC(=O)O1)[C@H](OC)C=CC=C(C)C2. The van der Waals surface area contributed by atoms with Crippen LogP contribution in [-0.4, -0.2) is 125 Å². The predicted molar refractivity (Wildman–Crippen MR) is 229 cm³/mol. The number of likely N-dealkylation sites (N-methyl/N-ethyl adjacent to an activating group) is 1. The first kappa shape index (κ1) is 48.7. The van der Waals surface area contributed by atoms with Gasteiger partial charge >= 0.3 is 18.0 Å². The molecule has 17 heteroatoms. The van der Waals surface area contributed by atoms with Crippen molar-refractivity contribution in [2.24, 2.45) is 5.92 Å². The molecule has 60 heavy (non-hydrogen) atoms. The quantitative estimate of drug-likeness (QED) is 0.0782. The van der Waals surface area contributed by atoms with Crippen LogP contribution in [0.25, 0.3) is 0 Å². The minimum atomic E-state index is -1.85. The number of epoxide rings is 1. The number of carbonyl (C=O) groups is 5. The van der Waals surface area contributed by atoms with Crippen molar-refractivity contribution in [2.45, 2.75) is 140 Å². The molecular formula is C43H64ClN3O12Si. The molecule has 3 amide bonds. The van der Waals surface area contributed by atoms with Crippen LogP contribution in [0.1, 0.15) is 71.8 Å². The Kier molecular flexibility index (Phi) is 16.5. The predicted octanol–water partition coefficient (Wildman–Crippen LogP) is 5.96. The number of esters is 2. The number of rotatable bonds is 13. The molecule has 2 saturated heterocycles. The van der Waals surface area contributed by atoms with Gasteiger partial charge in [0.2, 0.25) is 11.8 Å². The maximum absolute atomic E-state index is 14.2. The van der Waals surface area contributed by atoms with E-state index in [1.54, 1.807) is 45.2 Å². The van der Waals surface area contributed by atoms with Crippen LogP contribution in [0.5, 0.6) is 5.75 Å². The van der Waals surface area contributed by atoms with Crippen molar-refractivity contribution < 1.29 is 57.5 Å². The molecule has 3 heterocycles. The third-order valence-electron chi connectivity index (χ3n) is 11.7. The van der Waals surface area contributed by atoms with E-state index in [4.69, 9.17) is 40.0 Å². The maximum Gasteiger partial charge on any atom is 0.409 e. The molecule has 1 aromatic rings. The van der Waals surface area contributed by atoms with Crippen molar-refractivity contribution in [3.63, 3.8) is 0 Å². The number of nitrogens with one attached hydrogen (secondary N) is 1. The van der Waals surface area contributed by atoms with E-state index in [1.165, 1.54) is 38.0 Å². The third kappa shape index (κ3) is 12.3. The number of carbonyl (C=O) groups excluding carboxylic acids is 5. The Morgan fingerprint density at radius 1 is 1.15 bits per heavy atom. The first-order valence-electron chi connectivity index (χ1n) is 20.5. The summed E-state index contributed by atoms with van der Waals surface area (Å²) < 4.78 is 34.7. The number of fused-ring (bicyclic) bond motifs is 5. The third-order valence-corrected chi connectivity index (χ3v) is 13.7. The first-order chi connectivity index (χ1) is 28.0. The van der Waals surface area contributed by atoms with E-state index >= 15 is 0 Å². The summed E-state index contributed by atoms with van der Waals surface area (Å²) in [7, 11) is 4.65. The number of alkyl carbamates (subject to hydrolysis) is 1. The van der Waals surface area contributed by atoms with Crippen molar-refractivity contribution in [2.75, 3.05) is 39.8 Å². The number of hydrogen-bond acceptors (Lipinski definition) is 12. The average molecular weight is 879 g/mol. The van der Waals surface area contributed by atoms with Crippen molar-refractivity contribution in [3.05, 3.63) is 46.5 Å². The van der Waals surface area contributed by atoms with Gasteiger partial charge in [-0.25, -0.2) is 9.59 Å². The molecule has 0 aromatic heterocycles. The zero-order valence-corrected chi connectivity index (χ0v) is 38.7. The highest BCUT2D eigenvalue weighted by Crippen LogP contribution is 2.49. The molecule has 334 valence electrons. The van der Waals surface area contributed by atoms with Crippen LogP contribution < -0.4 is 15.0 Å². The van der Waals surface area contributed by atoms with Gasteiger partial charge in [-0.2, -0.15) is 0 Å². The summed E-state index contributed by atoms with van der Waals surface area (Å²) >= 11 is 6.78. The summed E-state index contributed by atoms with van der Waals surface area (Å²) in [5.41, 5.74) is -1.01. The van der Waals surface area contributed by atoms with Crippen molar-refractivity contribution in [1.82, 2.24) is 10.2 Å². The average Bonchev–Trinajstić information content (AvgIpc) is 3.87. The van der Waals surface area contributed by atoms with Gasteiger partial charge in [0, 0.05) is 54.5 Å². The second-order valence-electron chi connectivity index (χ2n) is 17.6. The summed E-state index contributed by atoms with van der Waals surface area (Å²) in [6.07, 6.45) is 1.92. The van der Waals surface area contributed by atoms with E-state index in [-0.39, 0.29) is 42.6 Å². The zero-order valence-electron chi connectivity index (χ0n) is 36.9. The Bertz CT molecular complexity index is 1820. The lowest BCUT2D eigenvalue weighted by Gasteiger charge is -2.42. The van der Waals surface area contributed by atoms with Crippen LogP contribution in [0.3, 0.4) is 0 Å². The number of halogens is 1. The molecule has 1 unspecified atom stereocenters. The van der Waals surface area contributed by atoms with Gasteiger partial charge in [-0.3, -0.25) is 19.7 Å². The van der Waals surface area contributed by atoms with E-state index in [9.17, 15) is 29.1 Å². The Labute approximate surface area is 360 Å². The van der Waals surface area contributed by atoms with Gasteiger partial charge in [0.15, 0.2) is 5.72 Å². The monoisotopic (exact) mass is 877 g/mol. The van der Waals surface area contributed by atoms with Crippen LogP contribution >= 0.6 is 11.6 Å². The number of unbranched alkanes of at least 4 members (excludes halogenated alkanes) is 1. The van der Waals surface area contributed by atoms with Gasteiger partial charge in [0.1, 0.15) is 40.7 Å². The topological polar surface area (TPSA) is 183 Å². The molecule has 0 saturated carbocycles. The number of hydrogen-bond donors (Lipinski definition) is 2. The Morgan fingerprint density at radius 2 is 1.83 bits per heavy atom. The molecule has 15 nitrogen and oxygen atoms in total. The second kappa shape index (κ2) is 20.3. The minimum Gasteiger partial charge on any atom is -0.495 e. The van der Waals surface area contributed by atoms with Crippen LogP contribution in [-0.2, 0) is 49.3 Å². The highest BCUT2D eigenvalue weighted by molar-refractivity contribution is 6.76. The van der Waals surface area contributed by atoms with Gasteiger partial charge in [0.05, 0.1) is 31.9 Å². The fraction of sp³-hybridized carbons (Fsp3) is 0.651.